The maximum Gasteiger partial charge on any atom is 0.278 e. The van der Waals surface area contributed by atoms with E-state index in [-0.39, 0.29) is 18.4 Å². The van der Waals surface area contributed by atoms with Crippen LogP contribution in [0.3, 0.4) is 0 Å². The number of anilines is 1. The Kier molecular flexibility index (Phi) is 6.55. The van der Waals surface area contributed by atoms with Crippen molar-refractivity contribution in [1.29, 1.82) is 0 Å². The number of rotatable bonds is 7. The predicted molar refractivity (Wildman–Crippen MR) is 121 cm³/mol. The van der Waals surface area contributed by atoms with Crippen molar-refractivity contribution in [2.24, 2.45) is 0 Å². The molecule has 1 amide bonds. The van der Waals surface area contributed by atoms with E-state index < -0.39 is 5.91 Å². The normalized spacial score (nSPS) is 10.8. The molecular weight excluding hydrogens is 507 g/mol. The summed E-state index contributed by atoms with van der Waals surface area (Å²) in [5.41, 5.74) is 1.11. The first-order chi connectivity index (χ1) is 15.0. The van der Waals surface area contributed by atoms with E-state index in [2.05, 4.69) is 36.4 Å². The molecule has 1 N–H and O–H groups in total. The summed E-state index contributed by atoms with van der Waals surface area (Å²) >= 11 is 15.5. The minimum Gasteiger partial charge on any atom is -0.470 e. The van der Waals surface area contributed by atoms with Gasteiger partial charge in [-0.1, -0.05) is 41.4 Å². The summed E-state index contributed by atoms with van der Waals surface area (Å²) < 4.78 is 9.50. The molecule has 0 spiro atoms. The van der Waals surface area contributed by atoms with Crippen LogP contribution in [0.1, 0.15) is 16.1 Å². The molecule has 2 aromatic heterocycles. The maximum absolute atomic E-state index is 12.5. The van der Waals surface area contributed by atoms with Gasteiger partial charge < -0.3 is 4.74 Å². The molecular formula is C20H15BrCl2N6O2. The van der Waals surface area contributed by atoms with Gasteiger partial charge in [-0.25, -0.2) is 14.3 Å². The van der Waals surface area contributed by atoms with Gasteiger partial charge in [0.15, 0.2) is 12.4 Å². The van der Waals surface area contributed by atoms with Crippen molar-refractivity contribution in [3.8, 4) is 5.75 Å². The Morgan fingerprint density at radius 2 is 1.94 bits per heavy atom. The van der Waals surface area contributed by atoms with Gasteiger partial charge >= 0.3 is 0 Å². The minimum atomic E-state index is -0.429. The SMILES string of the molecule is O=C(Nc1ncn(Cc2ccccc2Cl)n1)c1ccn(COc2ccc(Cl)cc2Br)n1. The zero-order chi connectivity index (χ0) is 21.8. The van der Waals surface area contributed by atoms with Gasteiger partial charge in [0, 0.05) is 16.2 Å². The third-order valence-electron chi connectivity index (χ3n) is 4.17. The Hall–Kier alpha value is -2.88. The number of hydrogen-bond donors (Lipinski definition) is 1. The fraction of sp³-hybridized carbons (Fsp3) is 0.100. The minimum absolute atomic E-state index is 0.123. The average Bonchev–Trinajstić information content (AvgIpc) is 3.39. The summed E-state index contributed by atoms with van der Waals surface area (Å²) in [7, 11) is 0. The Morgan fingerprint density at radius 1 is 1.10 bits per heavy atom. The van der Waals surface area contributed by atoms with Crippen LogP contribution in [0.4, 0.5) is 5.95 Å². The Labute approximate surface area is 195 Å². The second-order valence-electron chi connectivity index (χ2n) is 6.40. The van der Waals surface area contributed by atoms with E-state index >= 15 is 0 Å². The van der Waals surface area contributed by atoms with Crippen LogP contribution in [-0.4, -0.2) is 30.5 Å². The van der Waals surface area contributed by atoms with Crippen LogP contribution in [0.25, 0.3) is 0 Å². The lowest BCUT2D eigenvalue weighted by atomic mass is 10.2. The number of hydrogen-bond acceptors (Lipinski definition) is 5. The lowest BCUT2D eigenvalue weighted by Crippen LogP contribution is -2.15. The first-order valence-electron chi connectivity index (χ1n) is 9.03. The molecule has 8 nitrogen and oxygen atoms in total. The second kappa shape index (κ2) is 9.51. The molecule has 158 valence electrons. The lowest BCUT2D eigenvalue weighted by molar-refractivity contribution is 0.101. The van der Waals surface area contributed by atoms with Crippen LogP contribution in [0.15, 0.2) is 65.5 Å². The third kappa shape index (κ3) is 5.43. The van der Waals surface area contributed by atoms with Gasteiger partial charge in [0.1, 0.15) is 12.1 Å². The van der Waals surface area contributed by atoms with Crippen molar-refractivity contribution in [2.45, 2.75) is 13.3 Å². The Bertz CT molecular complexity index is 1230. The smallest absolute Gasteiger partial charge is 0.278 e. The van der Waals surface area contributed by atoms with E-state index in [1.54, 1.807) is 35.1 Å². The van der Waals surface area contributed by atoms with Crippen molar-refractivity contribution >= 4 is 51.0 Å². The van der Waals surface area contributed by atoms with Crippen LogP contribution in [0, 0.1) is 0 Å². The molecule has 0 aliphatic heterocycles. The van der Waals surface area contributed by atoms with Gasteiger partial charge in [0.05, 0.1) is 11.0 Å². The molecule has 0 bridgehead atoms. The second-order valence-corrected chi connectivity index (χ2v) is 8.10. The zero-order valence-electron chi connectivity index (χ0n) is 15.9. The molecule has 11 heteroatoms. The van der Waals surface area contributed by atoms with E-state index in [1.165, 1.54) is 11.0 Å². The fourth-order valence-corrected chi connectivity index (χ4v) is 3.67. The number of ether oxygens (including phenoxy) is 1. The summed E-state index contributed by atoms with van der Waals surface area (Å²) in [6, 6.07) is 14.2. The molecule has 0 unspecified atom stereocenters. The number of nitrogens with zero attached hydrogens (tertiary/aromatic N) is 5. The summed E-state index contributed by atoms with van der Waals surface area (Å²) in [6.45, 7) is 0.562. The average molecular weight is 522 g/mol. The number of carbonyl (C=O) groups is 1. The van der Waals surface area contributed by atoms with Crippen LogP contribution in [-0.2, 0) is 13.3 Å². The van der Waals surface area contributed by atoms with E-state index in [1.807, 2.05) is 24.3 Å². The highest BCUT2D eigenvalue weighted by Crippen LogP contribution is 2.28. The van der Waals surface area contributed by atoms with Crippen molar-refractivity contribution in [3.05, 3.63) is 86.8 Å². The van der Waals surface area contributed by atoms with Gasteiger partial charge in [0.2, 0.25) is 5.95 Å². The highest BCUT2D eigenvalue weighted by atomic mass is 79.9. The molecule has 4 rings (SSSR count). The molecule has 2 heterocycles. The Balaban J connectivity index is 1.35. The number of aromatic nitrogens is 5. The van der Waals surface area contributed by atoms with E-state index in [0.29, 0.717) is 22.3 Å². The molecule has 0 fully saturated rings. The van der Waals surface area contributed by atoms with E-state index in [9.17, 15) is 4.79 Å². The van der Waals surface area contributed by atoms with Gasteiger partial charge in [-0.05, 0) is 51.8 Å². The van der Waals surface area contributed by atoms with Crippen molar-refractivity contribution < 1.29 is 9.53 Å². The first kappa shape index (κ1) is 21.4. The van der Waals surface area contributed by atoms with E-state index in [0.717, 1.165) is 10.0 Å². The fourth-order valence-electron chi connectivity index (χ4n) is 2.68. The van der Waals surface area contributed by atoms with Gasteiger partial charge in [-0.15, -0.1) is 5.10 Å². The highest BCUT2D eigenvalue weighted by molar-refractivity contribution is 9.10. The summed E-state index contributed by atoms with van der Waals surface area (Å²) in [4.78, 5) is 16.6. The first-order valence-corrected chi connectivity index (χ1v) is 10.6. The number of halogens is 3. The van der Waals surface area contributed by atoms with Crippen molar-refractivity contribution in [2.75, 3.05) is 5.32 Å². The molecule has 0 aliphatic carbocycles. The standard InChI is InChI=1S/C20H15BrCl2N6O2/c21-15-9-14(22)5-6-18(15)31-12-28-8-7-17(26-28)19(30)25-20-24-11-29(27-20)10-13-3-1-2-4-16(13)23/h1-9,11H,10,12H2,(H,25,27,30). The summed E-state index contributed by atoms with van der Waals surface area (Å²) in [5, 5.41) is 12.3. The van der Waals surface area contributed by atoms with Gasteiger partial charge in [0.25, 0.3) is 5.91 Å². The van der Waals surface area contributed by atoms with Gasteiger partial charge in [-0.2, -0.15) is 5.10 Å². The summed E-state index contributed by atoms with van der Waals surface area (Å²) in [6.07, 6.45) is 3.16. The maximum atomic E-state index is 12.5. The van der Waals surface area contributed by atoms with E-state index in [4.69, 9.17) is 27.9 Å². The lowest BCUT2D eigenvalue weighted by Gasteiger charge is -2.08. The third-order valence-corrected chi connectivity index (χ3v) is 5.40. The molecule has 0 radical (unpaired) electrons. The topological polar surface area (TPSA) is 86.9 Å². The number of amides is 1. The van der Waals surface area contributed by atoms with Crippen LogP contribution >= 0.6 is 39.1 Å². The highest BCUT2D eigenvalue weighted by Gasteiger charge is 2.13. The quantitative estimate of drug-likeness (QED) is 0.374. The zero-order valence-corrected chi connectivity index (χ0v) is 19.0. The molecule has 0 saturated carbocycles. The van der Waals surface area contributed by atoms with Gasteiger partial charge in [-0.3, -0.25) is 10.1 Å². The molecule has 2 aromatic carbocycles. The predicted octanol–water partition coefficient (Wildman–Crippen LogP) is 4.88. The molecule has 0 aliphatic rings. The monoisotopic (exact) mass is 520 g/mol. The molecule has 0 atom stereocenters. The van der Waals surface area contributed by atoms with Crippen LogP contribution in [0.2, 0.25) is 10.0 Å². The van der Waals surface area contributed by atoms with Crippen LogP contribution in [0.5, 0.6) is 5.75 Å². The molecule has 31 heavy (non-hydrogen) atoms. The van der Waals surface area contributed by atoms with Crippen molar-refractivity contribution in [3.63, 3.8) is 0 Å². The van der Waals surface area contributed by atoms with Crippen molar-refractivity contribution in [1.82, 2.24) is 24.5 Å². The molecule has 0 saturated heterocycles. The molecule has 4 aromatic rings. The largest absolute Gasteiger partial charge is 0.470 e. The number of benzene rings is 2. The van der Waals surface area contributed by atoms with Crippen LogP contribution < -0.4 is 10.1 Å². The number of carbonyl (C=O) groups excluding carboxylic acids is 1. The Morgan fingerprint density at radius 3 is 2.74 bits per heavy atom. The summed E-state index contributed by atoms with van der Waals surface area (Å²) in [5.74, 6) is 0.356. The number of nitrogens with one attached hydrogen (secondary N) is 1.